The predicted octanol–water partition coefficient (Wildman–Crippen LogP) is 13.8. The van der Waals surface area contributed by atoms with Gasteiger partial charge in [-0.25, -0.2) is 4.79 Å². The van der Waals surface area contributed by atoms with Crippen LogP contribution in [0.2, 0.25) is 0 Å². The Hall–Kier alpha value is -3.40. The van der Waals surface area contributed by atoms with Crippen molar-refractivity contribution in [3.63, 3.8) is 0 Å². The molecule has 4 heteroatoms. The number of rotatable bonds is 31. The summed E-state index contributed by atoms with van der Waals surface area (Å²) in [7, 11) is 0. The summed E-state index contributed by atoms with van der Waals surface area (Å²) >= 11 is 0. The van der Waals surface area contributed by atoms with E-state index in [4.69, 9.17) is 10.2 Å². The van der Waals surface area contributed by atoms with Crippen LogP contribution in [0, 0.1) is 0 Å². The molecular formula is C44H70O4. The Bertz CT molecular complexity index is 972. The molecule has 0 aliphatic heterocycles. The molecule has 48 heavy (non-hydrogen) atoms. The van der Waals surface area contributed by atoms with Crippen LogP contribution in [0.3, 0.4) is 0 Å². The van der Waals surface area contributed by atoms with Crippen molar-refractivity contribution in [1.82, 2.24) is 0 Å². The maximum Gasteiger partial charge on any atom is 0.328 e. The van der Waals surface area contributed by atoms with Gasteiger partial charge in [-0.3, -0.25) is 4.79 Å². The number of allylic oxidation sites excluding steroid dienone is 17. The maximum absolute atomic E-state index is 10.4. The second-order valence-corrected chi connectivity index (χ2v) is 12.0. The third-order valence-electron chi connectivity index (χ3n) is 7.35. The van der Waals surface area contributed by atoms with Gasteiger partial charge >= 0.3 is 11.9 Å². The molecule has 0 saturated carbocycles. The zero-order valence-corrected chi connectivity index (χ0v) is 30.7. The average Bonchev–Trinajstić information content (AvgIpc) is 3.07. The molecule has 4 nitrogen and oxygen atoms in total. The fraction of sp³-hybridized carbons (Fsp3) is 0.545. The van der Waals surface area contributed by atoms with E-state index in [0.717, 1.165) is 57.4 Å². The van der Waals surface area contributed by atoms with E-state index < -0.39 is 11.9 Å². The molecule has 0 amide bonds. The van der Waals surface area contributed by atoms with Crippen LogP contribution >= 0.6 is 0 Å². The lowest BCUT2D eigenvalue weighted by Gasteiger charge is -2.00. The van der Waals surface area contributed by atoms with E-state index in [1.165, 1.54) is 89.5 Å². The first-order valence-corrected chi connectivity index (χ1v) is 18.9. The lowest BCUT2D eigenvalue weighted by atomic mass is 10.1. The van der Waals surface area contributed by atoms with Crippen LogP contribution in [0.25, 0.3) is 0 Å². The fourth-order valence-electron chi connectivity index (χ4n) is 4.55. The molecule has 0 saturated heterocycles. The molecule has 0 aromatic rings. The first-order chi connectivity index (χ1) is 23.5. The Morgan fingerprint density at radius 3 is 1.23 bits per heavy atom. The van der Waals surface area contributed by atoms with Gasteiger partial charge in [0.1, 0.15) is 0 Å². The van der Waals surface area contributed by atoms with Crippen molar-refractivity contribution < 1.29 is 19.8 Å². The van der Waals surface area contributed by atoms with Crippen LogP contribution in [-0.2, 0) is 9.59 Å². The van der Waals surface area contributed by atoms with Crippen molar-refractivity contribution in [1.29, 1.82) is 0 Å². The molecule has 0 aliphatic rings. The van der Waals surface area contributed by atoms with Crippen LogP contribution in [0.5, 0.6) is 0 Å². The topological polar surface area (TPSA) is 74.6 Å². The Balaban J connectivity index is 0. The lowest BCUT2D eigenvalue weighted by molar-refractivity contribution is -0.137. The summed E-state index contributed by atoms with van der Waals surface area (Å²) in [6.07, 6.45) is 61.9. The van der Waals surface area contributed by atoms with Crippen molar-refractivity contribution in [3.8, 4) is 0 Å². The van der Waals surface area contributed by atoms with E-state index in [1.807, 2.05) is 24.3 Å². The highest BCUT2D eigenvalue weighted by Gasteiger charge is 1.95. The van der Waals surface area contributed by atoms with Gasteiger partial charge in [0.2, 0.25) is 0 Å². The van der Waals surface area contributed by atoms with Gasteiger partial charge in [0, 0.05) is 12.5 Å². The highest BCUT2D eigenvalue weighted by molar-refractivity contribution is 5.80. The fourth-order valence-corrected chi connectivity index (χ4v) is 4.55. The molecule has 0 atom stereocenters. The normalized spacial score (nSPS) is 12.5. The van der Waals surface area contributed by atoms with E-state index >= 15 is 0 Å². The van der Waals surface area contributed by atoms with Gasteiger partial charge in [-0.15, -0.1) is 0 Å². The number of carbonyl (C=O) groups is 2. The Morgan fingerprint density at radius 2 is 0.750 bits per heavy atom. The third-order valence-corrected chi connectivity index (χ3v) is 7.35. The van der Waals surface area contributed by atoms with Gasteiger partial charge < -0.3 is 10.2 Å². The highest BCUT2D eigenvalue weighted by atomic mass is 16.4. The van der Waals surface area contributed by atoms with E-state index in [0.29, 0.717) is 6.42 Å². The van der Waals surface area contributed by atoms with Gasteiger partial charge in [0.05, 0.1) is 0 Å². The quantitative estimate of drug-likeness (QED) is 0.0335. The van der Waals surface area contributed by atoms with Gasteiger partial charge in [-0.05, 0) is 64.2 Å². The molecule has 0 fully saturated rings. The smallest absolute Gasteiger partial charge is 0.328 e. The van der Waals surface area contributed by atoms with Crippen LogP contribution in [0.4, 0.5) is 0 Å². The first kappa shape index (κ1) is 46.7. The number of carboxylic acid groups (broad SMARTS) is 2. The minimum absolute atomic E-state index is 0.300. The van der Waals surface area contributed by atoms with E-state index in [1.54, 1.807) is 12.2 Å². The molecule has 0 rings (SSSR count). The summed E-state index contributed by atoms with van der Waals surface area (Å²) in [5, 5.41) is 16.9. The molecule has 0 aliphatic carbocycles. The zero-order chi connectivity index (χ0) is 35.4. The monoisotopic (exact) mass is 663 g/mol. The van der Waals surface area contributed by atoms with Gasteiger partial charge in [-0.1, -0.05) is 188 Å². The Morgan fingerprint density at radius 1 is 0.396 bits per heavy atom. The van der Waals surface area contributed by atoms with Gasteiger partial charge in [0.25, 0.3) is 0 Å². The number of hydrogen-bond donors (Lipinski definition) is 2. The second-order valence-electron chi connectivity index (χ2n) is 12.0. The Kier molecular flexibility index (Phi) is 42.4. The first-order valence-electron chi connectivity index (χ1n) is 18.9. The zero-order valence-electron chi connectivity index (χ0n) is 30.7. The van der Waals surface area contributed by atoms with Gasteiger partial charge in [0.15, 0.2) is 0 Å². The maximum atomic E-state index is 10.4. The number of hydrogen-bond acceptors (Lipinski definition) is 2. The molecule has 2 N–H and O–H groups in total. The minimum Gasteiger partial charge on any atom is -0.481 e. The van der Waals surface area contributed by atoms with Crippen LogP contribution in [0.15, 0.2) is 109 Å². The molecule has 0 unspecified atom stereocenters. The van der Waals surface area contributed by atoms with Crippen molar-refractivity contribution in [2.45, 2.75) is 155 Å². The Labute approximate surface area is 295 Å². The largest absolute Gasteiger partial charge is 0.481 e. The number of unbranched alkanes of at least 4 members (excludes halogenated alkanes) is 15. The minimum atomic E-state index is -0.930. The van der Waals surface area contributed by atoms with Crippen LogP contribution in [-0.4, -0.2) is 22.2 Å². The molecule has 0 bridgehead atoms. The molecular weight excluding hydrogens is 592 g/mol. The summed E-state index contributed by atoms with van der Waals surface area (Å²) in [5.41, 5.74) is 0. The van der Waals surface area contributed by atoms with Crippen molar-refractivity contribution in [3.05, 3.63) is 109 Å². The van der Waals surface area contributed by atoms with Gasteiger partial charge in [-0.2, -0.15) is 0 Å². The molecule has 0 aromatic carbocycles. The number of carboxylic acids is 2. The summed E-state index contributed by atoms with van der Waals surface area (Å²) in [5.74, 6) is -1.62. The van der Waals surface area contributed by atoms with E-state index in [2.05, 4.69) is 74.6 Å². The summed E-state index contributed by atoms with van der Waals surface area (Å²) in [6, 6.07) is 0. The molecule has 0 radical (unpaired) electrons. The summed E-state index contributed by atoms with van der Waals surface area (Å²) in [6.45, 7) is 4.50. The third kappa shape index (κ3) is 49.5. The molecule has 0 aromatic heterocycles. The van der Waals surface area contributed by atoms with Crippen molar-refractivity contribution in [2.75, 3.05) is 0 Å². The highest BCUT2D eigenvalue weighted by Crippen LogP contribution is 2.10. The average molecular weight is 663 g/mol. The van der Waals surface area contributed by atoms with Crippen molar-refractivity contribution in [2.24, 2.45) is 0 Å². The predicted molar refractivity (Wildman–Crippen MR) is 210 cm³/mol. The molecule has 0 spiro atoms. The second kappa shape index (κ2) is 43.6. The number of aliphatic carboxylic acids is 2. The summed E-state index contributed by atoms with van der Waals surface area (Å²) < 4.78 is 0. The lowest BCUT2D eigenvalue weighted by Crippen LogP contribution is -1.93. The van der Waals surface area contributed by atoms with Crippen molar-refractivity contribution >= 4 is 11.9 Å². The standard InChI is InChI=1S/C22H36O2.C22H34O2/c2*1-2-3-4-5-6-7-8-9-10-11-12-13-14-15-16-17-18-19-20-21-22(23)24/h6-7,9-10,12-13,15-16H,2-5,8,11,14,17-21H2,1H3,(H,23,24);12-21H,2-11H2,1H3,(H,23,24)/b7-6-,10-9-,13-12-,16-15-;. The van der Waals surface area contributed by atoms with E-state index in [9.17, 15) is 9.59 Å². The van der Waals surface area contributed by atoms with Crippen LogP contribution < -0.4 is 0 Å². The molecule has 0 heterocycles. The van der Waals surface area contributed by atoms with Crippen LogP contribution in [0.1, 0.15) is 155 Å². The SMILES string of the molecule is CCCCC/C=C\C/C=C\C/C=C\C/C=C\CCCCCC(=O)O.CCCCCCCCCCCC=CC=CC=CC=CC=CC(=O)O. The molecule has 270 valence electrons. The van der Waals surface area contributed by atoms with E-state index in [-0.39, 0.29) is 0 Å². The summed E-state index contributed by atoms with van der Waals surface area (Å²) in [4.78, 5) is 20.6.